The number of hydrogen-bond acceptors (Lipinski definition) is 5. The molecule has 5 nitrogen and oxygen atoms in total. The lowest BCUT2D eigenvalue weighted by molar-refractivity contribution is -0.165. The van der Waals surface area contributed by atoms with E-state index in [1.807, 2.05) is 24.3 Å². The molecule has 0 amide bonds. The summed E-state index contributed by atoms with van der Waals surface area (Å²) in [5, 5.41) is 3.32. The Labute approximate surface area is 118 Å². The van der Waals surface area contributed by atoms with Gasteiger partial charge in [-0.05, 0) is 11.1 Å². The number of carbonyl (C=O) groups excluding carboxylic acids is 1. The van der Waals surface area contributed by atoms with Crippen LogP contribution >= 0.6 is 0 Å². The number of hydrogen-bond donors (Lipinski definition) is 1. The number of piperazine rings is 1. The number of fused-ring (bicyclic) bond motifs is 1. The van der Waals surface area contributed by atoms with E-state index in [0.717, 1.165) is 37.3 Å². The second-order valence-electron chi connectivity index (χ2n) is 5.24. The molecule has 1 aromatic rings. The highest BCUT2D eigenvalue weighted by Gasteiger charge is 2.50. The molecule has 1 N–H and O–H groups in total. The summed E-state index contributed by atoms with van der Waals surface area (Å²) in [6.07, 6.45) is 0. The monoisotopic (exact) mass is 276 g/mol. The average molecular weight is 276 g/mol. The molecule has 1 atom stereocenters. The lowest BCUT2D eigenvalue weighted by Gasteiger charge is -2.46. The van der Waals surface area contributed by atoms with Gasteiger partial charge in [-0.25, -0.2) is 4.79 Å². The molecular weight excluding hydrogens is 256 g/mol. The highest BCUT2D eigenvalue weighted by Crippen LogP contribution is 2.37. The fourth-order valence-corrected chi connectivity index (χ4v) is 3.21. The van der Waals surface area contributed by atoms with Gasteiger partial charge in [-0.1, -0.05) is 24.3 Å². The predicted molar refractivity (Wildman–Crippen MR) is 74.2 cm³/mol. The quantitative estimate of drug-likeness (QED) is 0.797. The third-order valence-electron chi connectivity index (χ3n) is 4.21. The van der Waals surface area contributed by atoms with Gasteiger partial charge >= 0.3 is 5.97 Å². The standard InChI is InChI=1S/C15H20N2O3/c1-19-14(18)15(17-8-6-16-7-9-17)11-20-10-12-4-2-3-5-13(12)15/h2-5,16H,6-11H2,1H3. The summed E-state index contributed by atoms with van der Waals surface area (Å²) in [4.78, 5) is 14.8. The van der Waals surface area contributed by atoms with Crippen molar-refractivity contribution in [2.24, 2.45) is 0 Å². The van der Waals surface area contributed by atoms with Crippen molar-refractivity contribution in [1.29, 1.82) is 0 Å². The summed E-state index contributed by atoms with van der Waals surface area (Å²) in [5.74, 6) is -0.230. The first-order chi connectivity index (χ1) is 9.79. The van der Waals surface area contributed by atoms with Crippen molar-refractivity contribution >= 4 is 5.97 Å². The van der Waals surface area contributed by atoms with Crippen LogP contribution in [0.5, 0.6) is 0 Å². The van der Waals surface area contributed by atoms with E-state index in [4.69, 9.17) is 9.47 Å². The van der Waals surface area contributed by atoms with Gasteiger partial charge in [0.25, 0.3) is 0 Å². The zero-order valence-electron chi connectivity index (χ0n) is 11.7. The number of benzene rings is 1. The molecule has 0 radical (unpaired) electrons. The molecule has 1 unspecified atom stereocenters. The van der Waals surface area contributed by atoms with Crippen molar-refractivity contribution in [3.05, 3.63) is 35.4 Å². The Bertz CT molecular complexity index is 500. The van der Waals surface area contributed by atoms with Gasteiger partial charge in [0.05, 0.1) is 20.3 Å². The first-order valence-electron chi connectivity index (χ1n) is 6.99. The van der Waals surface area contributed by atoms with Gasteiger partial charge in [0.1, 0.15) is 0 Å². The van der Waals surface area contributed by atoms with E-state index in [-0.39, 0.29) is 5.97 Å². The number of carbonyl (C=O) groups is 1. The fraction of sp³-hybridized carbons (Fsp3) is 0.533. The van der Waals surface area contributed by atoms with Crippen molar-refractivity contribution in [2.75, 3.05) is 39.9 Å². The lowest BCUT2D eigenvalue weighted by atomic mass is 9.83. The SMILES string of the molecule is COC(=O)C1(N2CCNCC2)COCc2ccccc21. The van der Waals surface area contributed by atoms with Gasteiger partial charge in [0.2, 0.25) is 0 Å². The number of esters is 1. The normalized spacial score (nSPS) is 26.9. The molecule has 1 fully saturated rings. The Kier molecular flexibility index (Phi) is 3.74. The highest BCUT2D eigenvalue weighted by atomic mass is 16.5. The van der Waals surface area contributed by atoms with Crippen LogP contribution in [0.3, 0.4) is 0 Å². The maximum Gasteiger partial charge on any atom is 0.333 e. The topological polar surface area (TPSA) is 50.8 Å². The minimum absolute atomic E-state index is 0.230. The van der Waals surface area contributed by atoms with Gasteiger partial charge in [-0.3, -0.25) is 4.90 Å². The van der Waals surface area contributed by atoms with Gasteiger partial charge in [-0.15, -0.1) is 0 Å². The Morgan fingerprint density at radius 3 is 2.85 bits per heavy atom. The number of nitrogens with zero attached hydrogens (tertiary/aromatic N) is 1. The van der Waals surface area contributed by atoms with Crippen molar-refractivity contribution in [3.8, 4) is 0 Å². The fourth-order valence-electron chi connectivity index (χ4n) is 3.21. The maximum atomic E-state index is 12.6. The molecule has 3 rings (SSSR count). The Hall–Kier alpha value is -1.43. The maximum absolute atomic E-state index is 12.6. The van der Waals surface area contributed by atoms with Crippen LogP contribution in [-0.4, -0.2) is 50.8 Å². The van der Waals surface area contributed by atoms with E-state index < -0.39 is 5.54 Å². The summed E-state index contributed by atoms with van der Waals surface area (Å²) in [6, 6.07) is 8.00. The number of rotatable bonds is 2. The van der Waals surface area contributed by atoms with Crippen molar-refractivity contribution < 1.29 is 14.3 Å². The zero-order valence-corrected chi connectivity index (χ0v) is 11.7. The summed E-state index contributed by atoms with van der Waals surface area (Å²) >= 11 is 0. The largest absolute Gasteiger partial charge is 0.467 e. The molecule has 2 aliphatic heterocycles. The third-order valence-corrected chi connectivity index (χ3v) is 4.21. The zero-order chi connectivity index (χ0) is 14.0. The van der Waals surface area contributed by atoms with Crippen LogP contribution in [0, 0.1) is 0 Å². The number of methoxy groups -OCH3 is 1. The van der Waals surface area contributed by atoms with E-state index >= 15 is 0 Å². The van der Waals surface area contributed by atoms with Crippen LogP contribution < -0.4 is 5.32 Å². The lowest BCUT2D eigenvalue weighted by Crippen LogP contribution is -2.62. The van der Waals surface area contributed by atoms with Crippen molar-refractivity contribution in [1.82, 2.24) is 10.2 Å². The van der Waals surface area contributed by atoms with Gasteiger partial charge in [0, 0.05) is 26.2 Å². The molecule has 0 bridgehead atoms. The van der Waals surface area contributed by atoms with Crippen LogP contribution in [0.25, 0.3) is 0 Å². The molecule has 1 saturated heterocycles. The Morgan fingerprint density at radius 2 is 2.10 bits per heavy atom. The summed E-state index contributed by atoms with van der Waals surface area (Å²) in [5.41, 5.74) is 1.30. The van der Waals surface area contributed by atoms with Crippen molar-refractivity contribution in [2.45, 2.75) is 12.1 Å². The predicted octanol–water partition coefficient (Wildman–Crippen LogP) is 0.490. The van der Waals surface area contributed by atoms with E-state index in [1.165, 1.54) is 7.11 Å². The molecule has 20 heavy (non-hydrogen) atoms. The molecule has 0 spiro atoms. The number of nitrogens with one attached hydrogen (secondary N) is 1. The molecular formula is C15H20N2O3. The molecule has 1 aromatic carbocycles. The van der Waals surface area contributed by atoms with Gasteiger partial charge in [0.15, 0.2) is 5.54 Å². The van der Waals surface area contributed by atoms with Crippen LogP contribution in [-0.2, 0) is 26.4 Å². The smallest absolute Gasteiger partial charge is 0.333 e. The minimum atomic E-state index is -0.800. The highest BCUT2D eigenvalue weighted by molar-refractivity contribution is 5.83. The first-order valence-corrected chi connectivity index (χ1v) is 6.99. The molecule has 108 valence electrons. The van der Waals surface area contributed by atoms with Crippen molar-refractivity contribution in [3.63, 3.8) is 0 Å². The minimum Gasteiger partial charge on any atom is -0.467 e. The van der Waals surface area contributed by atoms with E-state index in [1.54, 1.807) is 0 Å². The molecule has 0 saturated carbocycles. The Balaban J connectivity index is 2.09. The summed E-state index contributed by atoms with van der Waals surface area (Å²) < 4.78 is 10.8. The molecule has 0 aliphatic carbocycles. The molecule has 2 heterocycles. The first kappa shape index (κ1) is 13.5. The van der Waals surface area contributed by atoms with E-state index in [2.05, 4.69) is 10.2 Å². The second-order valence-corrected chi connectivity index (χ2v) is 5.24. The number of ether oxygens (including phenoxy) is 2. The van der Waals surface area contributed by atoms with E-state index in [0.29, 0.717) is 13.2 Å². The summed E-state index contributed by atoms with van der Waals surface area (Å²) in [7, 11) is 1.45. The van der Waals surface area contributed by atoms with Gasteiger partial charge in [-0.2, -0.15) is 0 Å². The van der Waals surface area contributed by atoms with Crippen LogP contribution in [0.4, 0.5) is 0 Å². The van der Waals surface area contributed by atoms with Crippen LogP contribution in [0.2, 0.25) is 0 Å². The molecule has 2 aliphatic rings. The second kappa shape index (κ2) is 5.52. The summed E-state index contributed by atoms with van der Waals surface area (Å²) in [6.45, 7) is 4.29. The Morgan fingerprint density at radius 1 is 1.35 bits per heavy atom. The van der Waals surface area contributed by atoms with Crippen LogP contribution in [0.15, 0.2) is 24.3 Å². The third kappa shape index (κ3) is 2.02. The molecule has 0 aromatic heterocycles. The van der Waals surface area contributed by atoms with Crippen LogP contribution in [0.1, 0.15) is 11.1 Å². The van der Waals surface area contributed by atoms with E-state index in [9.17, 15) is 4.79 Å². The van der Waals surface area contributed by atoms with Gasteiger partial charge < -0.3 is 14.8 Å². The average Bonchev–Trinajstić information content (AvgIpc) is 2.54. The molecule has 5 heteroatoms.